The van der Waals surface area contributed by atoms with Crippen molar-refractivity contribution in [3.05, 3.63) is 182 Å². The number of aromatic nitrogens is 8. The van der Waals surface area contributed by atoms with Gasteiger partial charge in [-0.2, -0.15) is 89.2 Å². The Morgan fingerprint density at radius 3 is 1.20 bits per heavy atom. The Labute approximate surface area is 576 Å². The molecule has 0 spiro atoms. The van der Waals surface area contributed by atoms with Gasteiger partial charge in [0.1, 0.15) is 11.4 Å². The number of benzene rings is 4. The smallest absolute Gasteiger partial charge is 0.416 e. The highest BCUT2D eigenvalue weighted by molar-refractivity contribution is 9.10. The molecule has 2 fully saturated rings. The Morgan fingerprint density at radius 1 is 0.490 bits per heavy atom. The molecule has 0 radical (unpaired) electrons. The van der Waals surface area contributed by atoms with Gasteiger partial charge in [0.15, 0.2) is 0 Å². The second-order valence-corrected chi connectivity index (χ2v) is 26.1. The maximum absolute atomic E-state index is 13.7. The van der Waals surface area contributed by atoms with Crippen molar-refractivity contribution in [3.63, 3.8) is 0 Å². The van der Waals surface area contributed by atoms with Crippen LogP contribution in [-0.2, 0) is 69.0 Å². The van der Waals surface area contributed by atoms with E-state index < -0.39 is 107 Å². The van der Waals surface area contributed by atoms with Crippen LogP contribution in [0.3, 0.4) is 0 Å². The van der Waals surface area contributed by atoms with E-state index in [2.05, 4.69) is 62.0 Å². The topological polar surface area (TPSA) is 126 Å². The van der Waals surface area contributed by atoms with Gasteiger partial charge >= 0.3 is 43.2 Å². The van der Waals surface area contributed by atoms with Gasteiger partial charge < -0.3 is 24.3 Å². The molecular formula is C65H61Br2F19N12O2. The number of amides is 1. The second-order valence-electron chi connectivity index (χ2n) is 24.4. The molecule has 1 amide bonds. The van der Waals surface area contributed by atoms with Crippen molar-refractivity contribution in [3.8, 4) is 22.3 Å². The maximum Gasteiger partial charge on any atom is 0.416 e. The van der Waals surface area contributed by atoms with Crippen molar-refractivity contribution in [2.45, 2.75) is 140 Å². The highest BCUT2D eigenvalue weighted by Crippen LogP contribution is 2.43. The monoisotopic (exact) mass is 1560 g/mol. The van der Waals surface area contributed by atoms with Crippen molar-refractivity contribution >= 4 is 55.5 Å². The summed E-state index contributed by atoms with van der Waals surface area (Å²) < 4.78 is 261. The predicted octanol–water partition coefficient (Wildman–Crippen LogP) is 19.1. The zero-order valence-corrected chi connectivity index (χ0v) is 56.8. The molecule has 0 N–H and O–H groups in total. The van der Waals surface area contributed by atoms with E-state index in [1.807, 2.05) is 18.7 Å². The van der Waals surface area contributed by atoms with E-state index in [1.54, 1.807) is 83.7 Å². The minimum absolute atomic E-state index is 0.0619. The van der Waals surface area contributed by atoms with Crippen molar-refractivity contribution in [1.82, 2.24) is 44.4 Å². The fraction of sp³-hybridized carbons (Fsp3) is 0.400. The van der Waals surface area contributed by atoms with Gasteiger partial charge in [-0.3, -0.25) is 9.36 Å². The molecule has 2 aliphatic heterocycles. The van der Waals surface area contributed by atoms with Crippen LogP contribution in [0.15, 0.2) is 131 Å². The summed E-state index contributed by atoms with van der Waals surface area (Å²) in [5.74, 6) is -0.547. The fourth-order valence-electron chi connectivity index (χ4n) is 11.2. The average Bonchev–Trinajstić information content (AvgIpc) is 1.53. The summed E-state index contributed by atoms with van der Waals surface area (Å²) in [4.78, 5) is 37.2. The molecule has 0 unspecified atom stereocenters. The Hall–Kier alpha value is -8.24. The van der Waals surface area contributed by atoms with Crippen LogP contribution < -0.4 is 14.7 Å². The van der Waals surface area contributed by atoms with Crippen LogP contribution in [0.2, 0.25) is 0 Å². The molecule has 6 heterocycles. The van der Waals surface area contributed by atoms with Crippen LogP contribution in [0.4, 0.5) is 106 Å². The van der Waals surface area contributed by atoms with E-state index in [0.29, 0.717) is 84.5 Å². The maximum atomic E-state index is 13.7. The van der Waals surface area contributed by atoms with E-state index >= 15 is 0 Å². The molecule has 14 nitrogen and oxygen atoms in total. The molecule has 2 aliphatic rings. The van der Waals surface area contributed by atoms with Crippen LogP contribution in [-0.4, -0.2) is 93.3 Å². The number of hydrogen-bond acceptors (Lipinski definition) is 11. The molecule has 2 saturated heterocycles. The fourth-order valence-corrected chi connectivity index (χ4v) is 12.1. The normalized spacial score (nSPS) is 17.0. The molecule has 100 heavy (non-hydrogen) atoms. The van der Waals surface area contributed by atoms with E-state index in [0.717, 1.165) is 23.8 Å². The number of halogens is 21. The quantitative estimate of drug-likeness (QED) is 0.102. The number of likely N-dealkylation sites (tertiary alicyclic amines) is 1. The number of ether oxygens (including phenoxy) is 1. The van der Waals surface area contributed by atoms with Crippen molar-refractivity contribution in [1.29, 1.82) is 0 Å². The lowest BCUT2D eigenvalue weighted by molar-refractivity contribution is -0.144. The molecule has 0 bridgehead atoms. The van der Waals surface area contributed by atoms with Crippen LogP contribution in [0.25, 0.3) is 22.3 Å². The van der Waals surface area contributed by atoms with Gasteiger partial charge in [0.2, 0.25) is 11.9 Å². The lowest BCUT2D eigenvalue weighted by Gasteiger charge is -2.30. The van der Waals surface area contributed by atoms with Gasteiger partial charge in [0.25, 0.3) is 0 Å². The van der Waals surface area contributed by atoms with E-state index in [4.69, 9.17) is 4.74 Å². The third-order valence-corrected chi connectivity index (χ3v) is 17.2. The van der Waals surface area contributed by atoms with Gasteiger partial charge in [-0.1, -0.05) is 13.8 Å². The summed E-state index contributed by atoms with van der Waals surface area (Å²) in [5, 5.41) is 8.21. The Bertz CT molecular complexity index is 4050. The number of nitrogens with zero attached hydrogens (tertiary/aromatic N) is 12. The molecule has 10 rings (SSSR count). The van der Waals surface area contributed by atoms with E-state index in [-0.39, 0.29) is 75.8 Å². The van der Waals surface area contributed by atoms with Crippen LogP contribution >= 0.6 is 31.9 Å². The summed E-state index contributed by atoms with van der Waals surface area (Å²) in [6, 6.07) is 6.79. The molecule has 4 aromatic carbocycles. The van der Waals surface area contributed by atoms with Crippen molar-refractivity contribution in [2.24, 2.45) is 14.1 Å². The van der Waals surface area contributed by atoms with Crippen LogP contribution in [0.5, 0.6) is 0 Å². The first-order valence-corrected chi connectivity index (χ1v) is 31.8. The average molecular weight is 1560 g/mol. The Kier molecular flexibility index (Phi) is 23.4. The number of alkyl halides is 18. The summed E-state index contributed by atoms with van der Waals surface area (Å²) in [6.45, 7) is 8.50. The highest BCUT2D eigenvalue weighted by Gasteiger charge is 2.44. The number of rotatable bonds is 13. The summed E-state index contributed by atoms with van der Waals surface area (Å²) in [6.07, 6.45) is -15.0. The molecule has 35 heteroatoms. The number of aryl methyl sites for hydroxylation is 2. The third kappa shape index (κ3) is 19.8. The van der Waals surface area contributed by atoms with Gasteiger partial charge in [-0.05, 0) is 162 Å². The SMILES string of the molecule is CC[C@@H]1C[C@H](N(Cc2cc(C(F)(F)F)cc(C(F)(F)F)c2)c2ncc(-c3cnn(C)c3)cn2)CN1C(=O)OC(C)(C)C.CC[C@@H]1C[C@H](N(Cc2cc(C(F)(F)F)cc(C(F)(F)F)c2)c2ncc(-c3cnn(C)c3)cn2)CN1c1ccc(C(F)(F)F)cc1Br.Fc1ccc(C(F)(F)F)cc1Br. The predicted molar refractivity (Wildman–Crippen MR) is 337 cm³/mol. The van der Waals surface area contributed by atoms with Crippen molar-refractivity contribution in [2.75, 3.05) is 27.8 Å². The van der Waals surface area contributed by atoms with Crippen molar-refractivity contribution < 1.29 is 92.9 Å². The van der Waals surface area contributed by atoms with E-state index in [1.165, 1.54) is 30.9 Å². The summed E-state index contributed by atoms with van der Waals surface area (Å²) >= 11 is 5.91. The standard InChI is InChI=1S/C30H26BrF9N6.C28H32F6N6O2.C7H3BrF4/c1-3-23-10-24(16-45(23)26-5-4-20(9-25(26)31)28(32,33)34)46(27-41-11-18(12-42-27)19-13-43-44(2)15-19)14-17-6-21(29(35,36)37)8-22(7-17)30(38,39)40;1-6-22-10-23(16-40(22)25(41)42-26(2,3)4)39(24-35-11-18(12-36-24)19-13-37-38(5)15-19)14-17-7-20(27(29,30)31)9-21(8-17)28(32,33)34;8-5-3-4(7(10,11)12)1-2-6(5)9/h4-9,11-13,15,23-24H,3,10,14,16H2,1-2H3;7-9,11-13,15,22-23H,6,10,14,16H2,1-5H3;1-3H/t23-,24+;22-,23+;/m11./s1. The lowest BCUT2D eigenvalue weighted by atomic mass is 10.0. The first-order chi connectivity index (χ1) is 46.3. The van der Waals surface area contributed by atoms with E-state index in [9.17, 15) is 88.2 Å². The second kappa shape index (κ2) is 30.1. The number of carbonyl (C=O) groups excluding carboxylic acids is 1. The van der Waals surface area contributed by atoms with Gasteiger partial charge in [-0.15, -0.1) is 0 Å². The van der Waals surface area contributed by atoms with Gasteiger partial charge in [0.05, 0.1) is 68.0 Å². The number of carbonyl (C=O) groups is 1. The third-order valence-electron chi connectivity index (χ3n) is 15.9. The first-order valence-electron chi connectivity index (χ1n) is 30.2. The number of anilines is 3. The zero-order chi connectivity index (χ0) is 74.0. The largest absolute Gasteiger partial charge is 0.444 e. The Balaban J connectivity index is 0.000000219. The summed E-state index contributed by atoms with van der Waals surface area (Å²) in [5.41, 5.74) is -5.56. The molecule has 4 aromatic heterocycles. The summed E-state index contributed by atoms with van der Waals surface area (Å²) in [7, 11) is 3.46. The Morgan fingerprint density at radius 2 is 0.860 bits per heavy atom. The highest BCUT2D eigenvalue weighted by atomic mass is 79.9. The molecule has 8 aromatic rings. The molecule has 0 saturated carbocycles. The van der Waals surface area contributed by atoms with Crippen LogP contribution in [0, 0.1) is 5.82 Å². The molecular weight excluding hydrogens is 1500 g/mol. The zero-order valence-electron chi connectivity index (χ0n) is 53.6. The lowest BCUT2D eigenvalue weighted by Crippen LogP contribution is -2.42. The minimum Gasteiger partial charge on any atom is -0.444 e. The molecule has 540 valence electrons. The van der Waals surface area contributed by atoms with Gasteiger partial charge in [-0.25, -0.2) is 29.1 Å². The minimum atomic E-state index is -5.03. The molecule has 4 atom stereocenters. The van der Waals surface area contributed by atoms with Crippen LogP contribution in [0.1, 0.15) is 105 Å². The first kappa shape index (κ1) is 77.5. The van der Waals surface area contributed by atoms with Gasteiger partial charge in [0, 0.05) is 116 Å². The molecule has 0 aliphatic carbocycles. The number of hydrogen-bond donors (Lipinski definition) is 0.